The number of hydrogen-bond donors (Lipinski definition) is 0. The first-order valence-electron chi connectivity index (χ1n) is 22.4. The quantitative estimate of drug-likeness (QED) is 0.156. The average Bonchev–Trinajstić information content (AvgIpc) is 3.78. The van der Waals surface area contributed by atoms with Gasteiger partial charge in [-0.1, -0.05) is 126 Å². The van der Waals surface area contributed by atoms with Crippen molar-refractivity contribution in [2.45, 2.75) is 105 Å². The second-order valence-electron chi connectivity index (χ2n) is 21.5. The maximum Gasteiger partial charge on any atom is 0.503 e. The fourth-order valence-electron chi connectivity index (χ4n) is 8.64. The number of rotatable bonds is 6. The van der Waals surface area contributed by atoms with Gasteiger partial charge in [-0.05, 0) is 113 Å². The number of nitrogens with zero attached hydrogens (tertiary/aromatic N) is 4. The van der Waals surface area contributed by atoms with Crippen molar-refractivity contribution >= 4 is 50.6 Å². The van der Waals surface area contributed by atoms with Crippen LogP contribution in [0.1, 0.15) is 105 Å². The molecule has 322 valence electrons. The largest absolute Gasteiger partial charge is 0.503 e. The van der Waals surface area contributed by atoms with E-state index in [9.17, 15) is 4.39 Å². The van der Waals surface area contributed by atoms with Crippen LogP contribution in [0.2, 0.25) is 0 Å². The smallest absolute Gasteiger partial charge is 0.457 e. The molecule has 0 unspecified atom stereocenters. The molecule has 0 radical (unpaired) electrons. The van der Waals surface area contributed by atoms with Gasteiger partial charge in [-0.15, -0.1) is 0 Å². The summed E-state index contributed by atoms with van der Waals surface area (Å²) in [6.07, 6.45) is 1.85. The Bertz CT molecular complexity index is 3190. The standard InChI is InChI=1S/C58H59FN4O/c1-55(2,3)38-17-13-16-37(28-38)47-20-15-21-51-54(47)62(44-30-40(57(7,8)9)29-41(31-44)58(10,11)12)36-61(51)43-18-14-19-45(34-43)64-46-23-24-48-49-33-42(59)22-25-50(49)63(52(48)35-46)53-32-39(26-27-60-53)56(4,5)6/h13-35H,1-12H3/q+2. The molecule has 3 heterocycles. The van der Waals surface area contributed by atoms with Gasteiger partial charge >= 0.3 is 11.7 Å². The minimum Gasteiger partial charge on any atom is -0.457 e. The lowest BCUT2D eigenvalue weighted by Crippen LogP contribution is -2.17. The lowest BCUT2D eigenvalue weighted by Gasteiger charge is -2.24. The highest BCUT2D eigenvalue weighted by atomic mass is 19.1. The van der Waals surface area contributed by atoms with Gasteiger partial charge in [0.25, 0.3) is 5.69 Å². The molecule has 2 aromatic heterocycles. The summed E-state index contributed by atoms with van der Waals surface area (Å²) in [5, 5.41) is 1.74. The van der Waals surface area contributed by atoms with Crippen LogP contribution in [-0.4, -0.2) is 15.6 Å². The predicted molar refractivity (Wildman–Crippen MR) is 266 cm³/mol. The summed E-state index contributed by atoms with van der Waals surface area (Å²) in [5.41, 5.74) is 12.9. The van der Waals surface area contributed by atoms with Crippen LogP contribution in [0.25, 0.3) is 38.8 Å². The van der Waals surface area contributed by atoms with Gasteiger partial charge < -0.3 is 4.74 Å². The van der Waals surface area contributed by atoms with Crippen LogP contribution in [0.15, 0.2) is 140 Å². The third kappa shape index (κ3) is 7.97. The molecule has 8 aromatic rings. The van der Waals surface area contributed by atoms with E-state index in [-0.39, 0.29) is 27.5 Å². The number of aromatic nitrogens is 2. The Kier molecular flexibility index (Phi) is 10.2. The number of fused-ring (bicyclic) bond motifs is 4. The fraction of sp³-hybridized carbons (Fsp3) is 0.276. The zero-order valence-corrected chi connectivity index (χ0v) is 39.4. The van der Waals surface area contributed by atoms with Crippen molar-refractivity contribution in [1.29, 1.82) is 0 Å². The number of para-hydroxylation sites is 1. The highest BCUT2D eigenvalue weighted by Gasteiger charge is 2.40. The fourth-order valence-corrected chi connectivity index (χ4v) is 8.64. The summed E-state index contributed by atoms with van der Waals surface area (Å²) in [7, 11) is 0. The van der Waals surface area contributed by atoms with E-state index in [0.717, 1.165) is 67.1 Å². The second-order valence-corrected chi connectivity index (χ2v) is 21.5. The summed E-state index contributed by atoms with van der Waals surface area (Å²) in [5.74, 6) is 1.83. The molecule has 0 atom stereocenters. The van der Waals surface area contributed by atoms with E-state index in [1.165, 1.54) is 22.8 Å². The van der Waals surface area contributed by atoms with Gasteiger partial charge in [0.15, 0.2) is 0 Å². The molecule has 1 aliphatic heterocycles. The van der Waals surface area contributed by atoms with Crippen molar-refractivity contribution in [1.82, 2.24) is 18.7 Å². The van der Waals surface area contributed by atoms with E-state index in [0.29, 0.717) is 11.5 Å². The van der Waals surface area contributed by atoms with Gasteiger partial charge in [0.2, 0.25) is 11.4 Å². The van der Waals surface area contributed by atoms with E-state index in [2.05, 4.69) is 188 Å². The molecule has 0 spiro atoms. The molecule has 0 amide bonds. The van der Waals surface area contributed by atoms with Crippen LogP contribution < -0.4 is 13.9 Å². The third-order valence-corrected chi connectivity index (χ3v) is 12.5. The number of pyridine rings is 1. The van der Waals surface area contributed by atoms with Crippen molar-refractivity contribution in [2.75, 3.05) is 0 Å². The molecule has 0 fully saturated rings. The Morgan fingerprint density at radius 2 is 1.17 bits per heavy atom. The molecule has 6 aromatic carbocycles. The number of ether oxygens (including phenoxy) is 1. The molecule has 1 aliphatic rings. The molecule has 0 saturated carbocycles. The Balaban J connectivity index is 1.19. The Hall–Kier alpha value is -6.62. The first-order chi connectivity index (χ1) is 30.1. The monoisotopic (exact) mass is 846 g/mol. The van der Waals surface area contributed by atoms with Gasteiger partial charge in [-0.2, -0.15) is 0 Å². The molecule has 9 rings (SSSR count). The normalized spacial score (nSPS) is 13.3. The average molecular weight is 847 g/mol. The lowest BCUT2D eigenvalue weighted by atomic mass is 9.80. The molecular formula is C58H59FN4O+2. The number of hydrogen-bond acceptors (Lipinski definition) is 2. The molecule has 0 aliphatic carbocycles. The van der Waals surface area contributed by atoms with E-state index < -0.39 is 0 Å². The summed E-state index contributed by atoms with van der Waals surface area (Å²) in [6.45, 7) is 27.1. The number of halogens is 1. The zero-order chi connectivity index (χ0) is 45.5. The lowest BCUT2D eigenvalue weighted by molar-refractivity contribution is 0.483. The summed E-state index contributed by atoms with van der Waals surface area (Å²) < 4.78 is 28.0. The highest BCUT2D eigenvalue weighted by molar-refractivity contribution is 6.09. The van der Waals surface area contributed by atoms with Gasteiger partial charge in [0.05, 0.1) is 22.7 Å². The van der Waals surface area contributed by atoms with Crippen molar-refractivity contribution in [3.05, 3.63) is 168 Å². The minimum absolute atomic E-state index is 0.00569. The minimum atomic E-state index is -0.280. The second kappa shape index (κ2) is 15.3. The summed E-state index contributed by atoms with van der Waals surface area (Å²) >= 11 is 0. The van der Waals surface area contributed by atoms with E-state index in [1.807, 2.05) is 42.6 Å². The van der Waals surface area contributed by atoms with Crippen LogP contribution in [0.5, 0.6) is 11.5 Å². The topological polar surface area (TPSA) is 33.1 Å². The summed E-state index contributed by atoms with van der Waals surface area (Å²) in [4.78, 5) is 4.82. The van der Waals surface area contributed by atoms with E-state index in [4.69, 9.17) is 9.72 Å². The highest BCUT2D eigenvalue weighted by Crippen LogP contribution is 2.46. The SMILES string of the molecule is CC(C)(C)c1cccc(-c2cccc3c2[N+](c2cc(C(C)(C)C)cc(C(C)(C)C)c2)=C=[N+]3c2cccc(Oc3ccc4c5cc(F)ccc5n(-c5cc(C(C)(C)C)ccn5)c4c3)c2)c1. The molecule has 0 N–H and O–H groups in total. The van der Waals surface area contributed by atoms with Crippen LogP contribution in [-0.2, 0) is 21.7 Å². The van der Waals surface area contributed by atoms with Crippen LogP contribution in [0, 0.1) is 5.82 Å². The van der Waals surface area contributed by atoms with Gasteiger partial charge in [-0.3, -0.25) is 4.57 Å². The molecular weight excluding hydrogens is 788 g/mol. The molecule has 0 bridgehead atoms. The molecule has 6 heteroatoms. The summed E-state index contributed by atoms with van der Waals surface area (Å²) in [6, 6.07) is 49.7. The van der Waals surface area contributed by atoms with Gasteiger partial charge in [-0.25, -0.2) is 9.37 Å². The molecule has 0 saturated heterocycles. The molecule has 5 nitrogen and oxygen atoms in total. The van der Waals surface area contributed by atoms with Crippen molar-refractivity contribution in [2.24, 2.45) is 0 Å². The maximum atomic E-state index is 14.8. The zero-order valence-electron chi connectivity index (χ0n) is 39.4. The van der Waals surface area contributed by atoms with Gasteiger partial charge in [0, 0.05) is 47.3 Å². The Morgan fingerprint density at radius 3 is 1.88 bits per heavy atom. The van der Waals surface area contributed by atoms with E-state index >= 15 is 0 Å². The van der Waals surface area contributed by atoms with Crippen LogP contribution in [0.3, 0.4) is 0 Å². The third-order valence-electron chi connectivity index (χ3n) is 12.5. The van der Waals surface area contributed by atoms with E-state index in [1.54, 1.807) is 6.07 Å². The first-order valence-corrected chi connectivity index (χ1v) is 22.4. The van der Waals surface area contributed by atoms with Crippen molar-refractivity contribution in [3.63, 3.8) is 0 Å². The Labute approximate surface area is 377 Å². The van der Waals surface area contributed by atoms with Crippen molar-refractivity contribution in [3.8, 4) is 28.4 Å². The van der Waals surface area contributed by atoms with Gasteiger partial charge in [0.1, 0.15) is 23.1 Å². The Morgan fingerprint density at radius 1 is 0.516 bits per heavy atom. The first kappa shape index (κ1) is 42.7. The predicted octanol–water partition coefficient (Wildman–Crippen LogP) is 15.8. The van der Waals surface area contributed by atoms with Crippen LogP contribution in [0.4, 0.5) is 27.1 Å². The number of benzene rings is 6. The van der Waals surface area contributed by atoms with Crippen molar-refractivity contribution < 1.29 is 9.13 Å². The van der Waals surface area contributed by atoms with Crippen LogP contribution >= 0.6 is 0 Å². The maximum absolute atomic E-state index is 14.8. The molecule has 64 heavy (non-hydrogen) atoms.